The van der Waals surface area contributed by atoms with Gasteiger partial charge in [-0.3, -0.25) is 0 Å². The van der Waals surface area contributed by atoms with E-state index in [1.54, 1.807) is 0 Å². The first-order valence-electron chi connectivity index (χ1n) is 8.64. The summed E-state index contributed by atoms with van der Waals surface area (Å²) in [5.74, 6) is 0.493. The monoisotopic (exact) mass is 338 g/mol. The van der Waals surface area contributed by atoms with E-state index in [1.165, 1.54) is 29.7 Å². The Hall–Kier alpha value is -1.07. The Morgan fingerprint density at radius 2 is 2.17 bits per heavy atom. The molecule has 2 rings (SSSR count). The van der Waals surface area contributed by atoms with Crippen LogP contribution in [0.2, 0.25) is 0 Å². The third kappa shape index (κ3) is 5.81. The second kappa shape index (κ2) is 8.15. The van der Waals surface area contributed by atoms with Gasteiger partial charge in [-0.2, -0.15) is 0 Å². The lowest BCUT2D eigenvalue weighted by molar-refractivity contribution is 0.0517. The van der Waals surface area contributed by atoms with Crippen molar-refractivity contribution in [3.8, 4) is 0 Å². The van der Waals surface area contributed by atoms with Gasteiger partial charge in [0.15, 0.2) is 0 Å². The molecule has 130 valence electrons. The van der Waals surface area contributed by atoms with Crippen molar-refractivity contribution >= 4 is 17.4 Å². The smallest absolute Gasteiger partial charge is 0.407 e. The van der Waals surface area contributed by atoms with Crippen LogP contribution in [-0.4, -0.2) is 24.3 Å². The lowest BCUT2D eigenvalue weighted by Crippen LogP contribution is -2.40. The zero-order valence-corrected chi connectivity index (χ0v) is 15.6. The van der Waals surface area contributed by atoms with E-state index in [9.17, 15) is 4.79 Å². The number of hydrogen-bond donors (Lipinski definition) is 2. The van der Waals surface area contributed by atoms with Gasteiger partial charge in [0.1, 0.15) is 5.60 Å². The predicted molar refractivity (Wildman–Crippen MR) is 95.9 cm³/mol. The summed E-state index contributed by atoms with van der Waals surface area (Å²) in [5, 5.41) is 8.80. The van der Waals surface area contributed by atoms with Crippen molar-refractivity contribution in [3.05, 3.63) is 21.9 Å². The zero-order chi connectivity index (χ0) is 16.9. The van der Waals surface area contributed by atoms with E-state index in [-0.39, 0.29) is 6.09 Å². The molecule has 0 radical (unpaired) electrons. The van der Waals surface area contributed by atoms with E-state index in [0.29, 0.717) is 18.5 Å². The average molecular weight is 339 g/mol. The minimum Gasteiger partial charge on any atom is -0.444 e. The zero-order valence-electron chi connectivity index (χ0n) is 14.8. The number of hydrogen-bond acceptors (Lipinski definition) is 4. The molecule has 1 fully saturated rings. The Balaban J connectivity index is 1.78. The predicted octanol–water partition coefficient (Wildman–Crippen LogP) is 4.09. The molecular formula is C18H30N2O2S. The van der Waals surface area contributed by atoms with E-state index in [4.69, 9.17) is 4.74 Å². The van der Waals surface area contributed by atoms with Crippen LogP contribution in [-0.2, 0) is 17.7 Å². The fraction of sp³-hybridized carbons (Fsp3) is 0.722. The van der Waals surface area contributed by atoms with Crippen molar-refractivity contribution in [2.45, 2.75) is 71.6 Å². The van der Waals surface area contributed by atoms with Crippen molar-refractivity contribution in [2.75, 3.05) is 6.54 Å². The Labute approximate surface area is 144 Å². The minimum absolute atomic E-state index is 0.310. The largest absolute Gasteiger partial charge is 0.444 e. The van der Waals surface area contributed by atoms with Crippen LogP contribution in [0.5, 0.6) is 0 Å². The number of carbonyl (C=O) groups excluding carboxylic acids is 1. The molecule has 1 aromatic rings. The molecule has 1 saturated carbocycles. The Bertz CT molecular complexity index is 507. The Morgan fingerprint density at radius 1 is 1.39 bits per heavy atom. The third-order valence-corrected chi connectivity index (χ3v) is 5.27. The molecule has 0 aromatic carbocycles. The highest BCUT2D eigenvalue weighted by Crippen LogP contribution is 2.26. The molecule has 23 heavy (non-hydrogen) atoms. The quantitative estimate of drug-likeness (QED) is 0.821. The summed E-state index contributed by atoms with van der Waals surface area (Å²) in [4.78, 5) is 13.2. The maximum Gasteiger partial charge on any atom is 0.407 e. The van der Waals surface area contributed by atoms with E-state index < -0.39 is 5.60 Å². The van der Waals surface area contributed by atoms with Crippen LogP contribution in [0, 0.1) is 5.92 Å². The fourth-order valence-corrected chi connectivity index (χ4v) is 4.07. The highest BCUT2D eigenvalue weighted by atomic mass is 32.1. The lowest BCUT2D eigenvalue weighted by Gasteiger charge is -2.23. The van der Waals surface area contributed by atoms with Crippen LogP contribution < -0.4 is 10.6 Å². The summed E-state index contributed by atoms with van der Waals surface area (Å²) in [7, 11) is 0. The molecule has 2 N–H and O–H groups in total. The number of nitrogens with one attached hydrogen (secondary N) is 2. The fourth-order valence-electron chi connectivity index (χ4n) is 3.14. The topological polar surface area (TPSA) is 50.4 Å². The molecule has 4 nitrogen and oxygen atoms in total. The molecule has 0 bridgehead atoms. The molecule has 1 aromatic heterocycles. The van der Waals surface area contributed by atoms with Gasteiger partial charge in [-0.25, -0.2) is 4.79 Å². The summed E-state index contributed by atoms with van der Waals surface area (Å²) in [6.45, 7) is 9.50. The van der Waals surface area contributed by atoms with E-state index in [0.717, 1.165) is 13.0 Å². The second-order valence-electron chi connectivity index (χ2n) is 7.28. The van der Waals surface area contributed by atoms with Crippen LogP contribution in [0.4, 0.5) is 4.79 Å². The Morgan fingerprint density at radius 3 is 2.87 bits per heavy atom. The summed E-state index contributed by atoms with van der Waals surface area (Å²) < 4.78 is 5.31. The maximum absolute atomic E-state index is 11.8. The average Bonchev–Trinajstić information content (AvgIpc) is 3.09. The minimum atomic E-state index is -0.437. The highest BCUT2D eigenvalue weighted by Gasteiger charge is 2.28. The SMILES string of the molecule is CCc1ccsc1CNC1CCCC1CNC(=O)OC(C)(C)C. The van der Waals surface area contributed by atoms with E-state index in [2.05, 4.69) is 29.0 Å². The first-order chi connectivity index (χ1) is 10.9. The lowest BCUT2D eigenvalue weighted by atomic mass is 10.0. The van der Waals surface area contributed by atoms with E-state index in [1.807, 2.05) is 32.1 Å². The number of amides is 1. The molecule has 2 unspecified atom stereocenters. The Kier molecular flexibility index (Phi) is 6.48. The molecule has 0 saturated heterocycles. The molecule has 1 aliphatic carbocycles. The van der Waals surface area contributed by atoms with Crippen LogP contribution >= 0.6 is 11.3 Å². The first-order valence-corrected chi connectivity index (χ1v) is 9.52. The van der Waals surface area contributed by atoms with Crippen LogP contribution in [0.15, 0.2) is 11.4 Å². The summed E-state index contributed by atoms with van der Waals surface area (Å²) in [6, 6.07) is 2.70. The van der Waals surface area contributed by atoms with Crippen molar-refractivity contribution in [2.24, 2.45) is 5.92 Å². The second-order valence-corrected chi connectivity index (χ2v) is 8.28. The summed E-state index contributed by atoms with van der Waals surface area (Å²) in [6.07, 6.45) is 4.36. The highest BCUT2D eigenvalue weighted by molar-refractivity contribution is 7.10. The van der Waals surface area contributed by atoms with Gasteiger partial charge < -0.3 is 15.4 Å². The normalized spacial score (nSPS) is 21.4. The molecule has 5 heteroatoms. The van der Waals surface area contributed by atoms with Gasteiger partial charge in [-0.1, -0.05) is 13.3 Å². The molecule has 1 heterocycles. The molecule has 0 aliphatic heterocycles. The van der Waals surface area contributed by atoms with Crippen LogP contribution in [0.25, 0.3) is 0 Å². The summed E-state index contributed by atoms with van der Waals surface area (Å²) >= 11 is 1.83. The number of rotatable bonds is 6. The standard InChI is InChI=1S/C18H30N2O2S/c1-5-13-9-10-23-16(13)12-19-15-8-6-7-14(15)11-20-17(21)22-18(2,3)4/h9-10,14-15,19H,5-8,11-12H2,1-4H3,(H,20,21). The van der Waals surface area contributed by atoms with Gasteiger partial charge in [0.05, 0.1) is 0 Å². The van der Waals surface area contributed by atoms with Gasteiger partial charge >= 0.3 is 6.09 Å². The number of ether oxygens (including phenoxy) is 1. The first kappa shape index (κ1) is 18.3. The van der Waals surface area contributed by atoms with Crippen molar-refractivity contribution in [1.29, 1.82) is 0 Å². The number of carbonyl (C=O) groups is 1. The van der Waals surface area contributed by atoms with Gasteiger partial charge in [-0.15, -0.1) is 11.3 Å². The number of thiophene rings is 1. The van der Waals surface area contributed by atoms with Crippen LogP contribution in [0.3, 0.4) is 0 Å². The van der Waals surface area contributed by atoms with Gasteiger partial charge in [-0.05, 0) is 63.0 Å². The maximum atomic E-state index is 11.8. The summed E-state index contributed by atoms with van der Waals surface area (Å²) in [5.41, 5.74) is 1.01. The molecule has 1 amide bonds. The van der Waals surface area contributed by atoms with E-state index >= 15 is 0 Å². The van der Waals surface area contributed by atoms with Crippen LogP contribution in [0.1, 0.15) is 57.4 Å². The third-order valence-electron chi connectivity index (χ3n) is 4.31. The number of alkyl carbamates (subject to hydrolysis) is 1. The molecular weight excluding hydrogens is 308 g/mol. The van der Waals surface area contributed by atoms with Crippen molar-refractivity contribution < 1.29 is 9.53 Å². The van der Waals surface area contributed by atoms with Crippen molar-refractivity contribution in [3.63, 3.8) is 0 Å². The van der Waals surface area contributed by atoms with Gasteiger partial charge in [0.2, 0.25) is 0 Å². The molecule has 0 spiro atoms. The van der Waals surface area contributed by atoms with Crippen molar-refractivity contribution in [1.82, 2.24) is 10.6 Å². The van der Waals surface area contributed by atoms with Gasteiger partial charge in [0, 0.05) is 24.0 Å². The van der Waals surface area contributed by atoms with Gasteiger partial charge in [0.25, 0.3) is 0 Å². The molecule has 1 aliphatic rings. The number of aryl methyl sites for hydroxylation is 1. The molecule has 2 atom stereocenters.